The zero-order valence-corrected chi connectivity index (χ0v) is 20.8. The maximum atomic E-state index is 13.0. The molecule has 0 N–H and O–H groups in total. The van der Waals surface area contributed by atoms with Gasteiger partial charge in [-0.3, -0.25) is 9.69 Å². The van der Waals surface area contributed by atoms with Crippen molar-refractivity contribution >= 4 is 18.0 Å². The Kier molecular flexibility index (Phi) is 8.33. The summed E-state index contributed by atoms with van der Waals surface area (Å²) in [5.74, 6) is -1.20. The molecule has 0 aromatic heterocycles. The average Bonchev–Trinajstić information content (AvgIpc) is 3.13. The van der Waals surface area contributed by atoms with Gasteiger partial charge in [-0.25, -0.2) is 9.59 Å². The van der Waals surface area contributed by atoms with E-state index in [1.165, 1.54) is 18.0 Å². The van der Waals surface area contributed by atoms with Crippen LogP contribution in [0.15, 0.2) is 61.2 Å². The van der Waals surface area contributed by atoms with E-state index in [4.69, 9.17) is 14.2 Å². The number of carbonyl (C=O) groups excluding carboxylic acids is 3. The molecule has 0 aliphatic heterocycles. The van der Waals surface area contributed by atoms with Crippen LogP contribution >= 0.6 is 0 Å². The highest BCUT2D eigenvalue weighted by molar-refractivity contribution is 5.83. The van der Waals surface area contributed by atoms with E-state index < -0.39 is 29.7 Å². The molecule has 2 aromatic carbocycles. The zero-order valence-electron chi connectivity index (χ0n) is 20.8. The van der Waals surface area contributed by atoms with Crippen LogP contribution in [0.2, 0.25) is 0 Å². The molecule has 1 atom stereocenters. The van der Waals surface area contributed by atoms with Crippen molar-refractivity contribution in [2.75, 3.05) is 20.3 Å². The van der Waals surface area contributed by atoms with Gasteiger partial charge in [-0.15, -0.1) is 0 Å². The second kappa shape index (κ2) is 11.2. The summed E-state index contributed by atoms with van der Waals surface area (Å²) in [6.07, 6.45) is 0.790. The minimum Gasteiger partial charge on any atom is -0.461 e. The molecule has 0 radical (unpaired) electrons. The van der Waals surface area contributed by atoms with Crippen LogP contribution < -0.4 is 0 Å². The second-order valence-electron chi connectivity index (χ2n) is 9.47. The Morgan fingerprint density at radius 1 is 1.00 bits per heavy atom. The molecule has 1 amide bonds. The topological polar surface area (TPSA) is 82.1 Å². The lowest BCUT2D eigenvalue weighted by molar-refractivity contribution is -0.161. The fourth-order valence-corrected chi connectivity index (χ4v) is 4.14. The van der Waals surface area contributed by atoms with E-state index in [2.05, 4.69) is 18.7 Å². The van der Waals surface area contributed by atoms with Gasteiger partial charge < -0.3 is 14.2 Å². The van der Waals surface area contributed by atoms with E-state index in [-0.39, 0.29) is 32.0 Å². The number of esters is 2. The lowest BCUT2D eigenvalue weighted by Crippen LogP contribution is -2.46. The molecule has 0 bridgehead atoms. The van der Waals surface area contributed by atoms with Crippen molar-refractivity contribution in [3.63, 3.8) is 0 Å². The predicted molar refractivity (Wildman–Crippen MR) is 133 cm³/mol. The predicted octanol–water partition coefficient (Wildman–Crippen LogP) is 5.09. The van der Waals surface area contributed by atoms with Crippen LogP contribution in [0.1, 0.15) is 50.7 Å². The van der Waals surface area contributed by atoms with E-state index in [1.54, 1.807) is 20.8 Å². The minimum absolute atomic E-state index is 0.0472. The van der Waals surface area contributed by atoms with E-state index in [9.17, 15) is 14.4 Å². The van der Waals surface area contributed by atoms with E-state index in [0.717, 1.165) is 22.3 Å². The van der Waals surface area contributed by atoms with Gasteiger partial charge in [0.25, 0.3) is 0 Å². The Balaban J connectivity index is 1.71. The second-order valence-corrected chi connectivity index (χ2v) is 9.47. The molecule has 0 saturated carbocycles. The number of hydrogen-bond donors (Lipinski definition) is 0. The SMILES string of the molecule is C=CCOC(=O)CC[C@H](C(=O)OC(C)(C)C)N(C)C(=O)OCC1c2ccccc2-c2ccccc21. The normalized spacial score (nSPS) is 13.3. The summed E-state index contributed by atoms with van der Waals surface area (Å²) in [4.78, 5) is 39.1. The quantitative estimate of drug-likeness (QED) is 0.283. The summed E-state index contributed by atoms with van der Waals surface area (Å²) in [6.45, 7) is 8.95. The maximum absolute atomic E-state index is 13.0. The fourth-order valence-electron chi connectivity index (χ4n) is 4.14. The molecule has 7 nitrogen and oxygen atoms in total. The highest BCUT2D eigenvalue weighted by Crippen LogP contribution is 2.44. The number of carbonyl (C=O) groups is 3. The number of hydrogen-bond acceptors (Lipinski definition) is 6. The van der Waals surface area contributed by atoms with Crippen LogP contribution in [0, 0.1) is 0 Å². The Labute approximate surface area is 206 Å². The Bertz CT molecular complexity index is 1040. The third-order valence-electron chi connectivity index (χ3n) is 5.75. The van der Waals surface area contributed by atoms with Crippen molar-refractivity contribution in [2.24, 2.45) is 0 Å². The first kappa shape index (κ1) is 26.0. The zero-order chi connectivity index (χ0) is 25.6. The number of amides is 1. The van der Waals surface area contributed by atoms with Gasteiger partial charge in [0.05, 0.1) is 0 Å². The van der Waals surface area contributed by atoms with Crippen LogP contribution in [0.4, 0.5) is 4.79 Å². The highest BCUT2D eigenvalue weighted by atomic mass is 16.6. The van der Waals surface area contributed by atoms with Gasteiger partial charge in [-0.2, -0.15) is 0 Å². The first-order valence-electron chi connectivity index (χ1n) is 11.7. The van der Waals surface area contributed by atoms with Crippen LogP contribution in [0.25, 0.3) is 11.1 Å². The van der Waals surface area contributed by atoms with Crippen molar-refractivity contribution in [2.45, 2.75) is 51.2 Å². The van der Waals surface area contributed by atoms with Crippen LogP contribution in [0.5, 0.6) is 0 Å². The molecule has 186 valence electrons. The Hall–Kier alpha value is -3.61. The summed E-state index contributed by atoms with van der Waals surface area (Å²) in [6, 6.07) is 15.1. The average molecular weight is 480 g/mol. The largest absolute Gasteiger partial charge is 0.461 e. The molecule has 1 aliphatic rings. The summed E-state index contributed by atoms with van der Waals surface area (Å²) in [5, 5.41) is 0. The van der Waals surface area contributed by atoms with Gasteiger partial charge >= 0.3 is 18.0 Å². The summed E-state index contributed by atoms with van der Waals surface area (Å²) in [5.41, 5.74) is 3.70. The lowest BCUT2D eigenvalue weighted by atomic mass is 9.98. The molecule has 3 rings (SSSR count). The van der Waals surface area contributed by atoms with Gasteiger partial charge in [0, 0.05) is 19.4 Å². The molecule has 7 heteroatoms. The standard InChI is InChI=1S/C28H33NO6/c1-6-17-33-25(30)16-15-24(26(31)35-28(2,3)4)29(5)27(32)34-18-23-21-13-9-7-11-19(21)20-12-8-10-14-22(20)23/h6-14,23-24H,1,15-18H2,2-5H3/t24-/m1/s1. The molecule has 0 unspecified atom stereocenters. The van der Waals surface area contributed by atoms with Gasteiger partial charge in [0.2, 0.25) is 0 Å². The van der Waals surface area contributed by atoms with E-state index in [1.807, 2.05) is 36.4 Å². The number of rotatable bonds is 9. The summed E-state index contributed by atoms with van der Waals surface area (Å²) in [7, 11) is 1.47. The van der Waals surface area contributed by atoms with Gasteiger partial charge in [-0.05, 0) is 49.4 Å². The molecule has 0 spiro atoms. The summed E-state index contributed by atoms with van der Waals surface area (Å²) >= 11 is 0. The molecule has 0 heterocycles. The van der Waals surface area contributed by atoms with E-state index in [0.29, 0.717) is 0 Å². The molecule has 35 heavy (non-hydrogen) atoms. The molecule has 0 saturated heterocycles. The number of fused-ring (bicyclic) bond motifs is 3. The third kappa shape index (κ3) is 6.50. The third-order valence-corrected chi connectivity index (χ3v) is 5.75. The smallest absolute Gasteiger partial charge is 0.410 e. The first-order valence-corrected chi connectivity index (χ1v) is 11.7. The number of likely N-dealkylation sites (N-methyl/N-ethyl adjacent to an activating group) is 1. The number of benzene rings is 2. The molecular weight excluding hydrogens is 446 g/mol. The van der Waals surface area contributed by atoms with Crippen molar-refractivity contribution in [3.05, 3.63) is 72.3 Å². The molecule has 1 aliphatic carbocycles. The Morgan fingerprint density at radius 3 is 2.11 bits per heavy atom. The number of ether oxygens (including phenoxy) is 3. The monoisotopic (exact) mass is 479 g/mol. The number of nitrogens with zero attached hydrogens (tertiary/aromatic N) is 1. The minimum atomic E-state index is -0.999. The summed E-state index contributed by atoms with van der Waals surface area (Å²) < 4.78 is 16.2. The van der Waals surface area contributed by atoms with Crippen LogP contribution in [-0.2, 0) is 23.8 Å². The van der Waals surface area contributed by atoms with Gasteiger partial charge in [0.15, 0.2) is 0 Å². The molecule has 2 aromatic rings. The fraction of sp³-hybridized carbons (Fsp3) is 0.393. The van der Waals surface area contributed by atoms with Gasteiger partial charge in [0.1, 0.15) is 24.9 Å². The van der Waals surface area contributed by atoms with Gasteiger partial charge in [-0.1, -0.05) is 61.2 Å². The van der Waals surface area contributed by atoms with E-state index >= 15 is 0 Å². The van der Waals surface area contributed by atoms with Crippen LogP contribution in [0.3, 0.4) is 0 Å². The van der Waals surface area contributed by atoms with Crippen molar-refractivity contribution < 1.29 is 28.6 Å². The first-order chi connectivity index (χ1) is 16.6. The molecule has 0 fully saturated rings. The maximum Gasteiger partial charge on any atom is 0.410 e. The van der Waals surface area contributed by atoms with Crippen molar-refractivity contribution in [1.82, 2.24) is 4.90 Å². The highest BCUT2D eigenvalue weighted by Gasteiger charge is 2.34. The lowest BCUT2D eigenvalue weighted by Gasteiger charge is -2.29. The van der Waals surface area contributed by atoms with Crippen molar-refractivity contribution in [1.29, 1.82) is 0 Å². The van der Waals surface area contributed by atoms with Crippen molar-refractivity contribution in [3.8, 4) is 11.1 Å². The molecular formula is C28H33NO6. The van der Waals surface area contributed by atoms with Crippen LogP contribution in [-0.4, -0.2) is 54.8 Å². The Morgan fingerprint density at radius 2 is 1.57 bits per heavy atom.